The smallest absolute Gasteiger partial charge is 0.337 e. The van der Waals surface area contributed by atoms with Gasteiger partial charge in [-0.1, -0.05) is 11.8 Å². The highest BCUT2D eigenvalue weighted by Crippen LogP contribution is 2.39. The molecule has 6 nitrogen and oxygen atoms in total. The van der Waals surface area contributed by atoms with Gasteiger partial charge in [0.1, 0.15) is 15.7 Å². The van der Waals surface area contributed by atoms with E-state index in [2.05, 4.69) is 20.0 Å². The maximum Gasteiger partial charge on any atom is 0.337 e. The molecule has 1 amide bonds. The van der Waals surface area contributed by atoms with Crippen LogP contribution in [-0.4, -0.2) is 34.7 Å². The maximum absolute atomic E-state index is 12.4. The van der Waals surface area contributed by atoms with E-state index in [-0.39, 0.29) is 11.7 Å². The normalized spacial score (nSPS) is 13.2. The molecule has 29 heavy (non-hydrogen) atoms. The SMILES string of the molecule is COC(=O)c1ccc(NC(=O)CSc2nc(C)nc3sc4c(c23)CCCC4)cc1. The third-order valence-electron chi connectivity index (χ3n) is 4.82. The number of ether oxygens (including phenoxy) is 1. The Hall–Kier alpha value is -2.45. The van der Waals surface area contributed by atoms with Crippen molar-refractivity contribution in [2.24, 2.45) is 0 Å². The number of anilines is 1. The lowest BCUT2D eigenvalue weighted by Gasteiger charge is -2.12. The highest BCUT2D eigenvalue weighted by Gasteiger charge is 2.21. The average Bonchev–Trinajstić information content (AvgIpc) is 3.10. The van der Waals surface area contributed by atoms with E-state index in [1.54, 1.807) is 35.6 Å². The van der Waals surface area contributed by atoms with Gasteiger partial charge in [0.15, 0.2) is 0 Å². The molecule has 0 radical (unpaired) electrons. The summed E-state index contributed by atoms with van der Waals surface area (Å²) in [7, 11) is 1.34. The number of thiophene rings is 1. The van der Waals surface area contributed by atoms with Crippen LogP contribution in [-0.2, 0) is 22.4 Å². The van der Waals surface area contributed by atoms with E-state index < -0.39 is 5.97 Å². The first kappa shape index (κ1) is 19.8. The van der Waals surface area contributed by atoms with Gasteiger partial charge in [0.05, 0.1) is 18.4 Å². The molecule has 0 atom stereocenters. The molecule has 0 bridgehead atoms. The number of hydrogen-bond acceptors (Lipinski definition) is 7. The predicted molar refractivity (Wildman–Crippen MR) is 116 cm³/mol. The lowest BCUT2D eigenvalue weighted by atomic mass is 9.97. The van der Waals surface area contributed by atoms with Crippen molar-refractivity contribution in [1.82, 2.24) is 9.97 Å². The van der Waals surface area contributed by atoms with Gasteiger partial charge in [0.2, 0.25) is 5.91 Å². The number of esters is 1. The molecular weight excluding hydrogens is 406 g/mol. The molecule has 4 rings (SSSR count). The van der Waals surface area contributed by atoms with Gasteiger partial charge in [-0.05, 0) is 62.4 Å². The van der Waals surface area contributed by atoms with Crippen LogP contribution in [0, 0.1) is 6.92 Å². The summed E-state index contributed by atoms with van der Waals surface area (Å²) in [5, 5.41) is 4.89. The second kappa shape index (κ2) is 8.51. The highest BCUT2D eigenvalue weighted by molar-refractivity contribution is 8.00. The number of nitrogens with zero attached hydrogens (tertiary/aromatic N) is 2. The van der Waals surface area contributed by atoms with Crippen molar-refractivity contribution in [3.63, 3.8) is 0 Å². The second-order valence-electron chi connectivity index (χ2n) is 6.87. The van der Waals surface area contributed by atoms with Crippen molar-refractivity contribution in [1.29, 1.82) is 0 Å². The molecule has 0 aliphatic heterocycles. The molecule has 1 aromatic carbocycles. The quantitative estimate of drug-likeness (QED) is 0.369. The van der Waals surface area contributed by atoms with Gasteiger partial charge in [-0.15, -0.1) is 11.3 Å². The lowest BCUT2D eigenvalue weighted by Crippen LogP contribution is -2.14. The zero-order valence-electron chi connectivity index (χ0n) is 16.3. The summed E-state index contributed by atoms with van der Waals surface area (Å²) < 4.78 is 4.68. The van der Waals surface area contributed by atoms with Crippen molar-refractivity contribution in [3.8, 4) is 0 Å². The number of amides is 1. The molecule has 0 saturated carbocycles. The Morgan fingerprint density at radius 3 is 2.69 bits per heavy atom. The molecule has 2 aromatic heterocycles. The number of carbonyl (C=O) groups is 2. The Morgan fingerprint density at radius 2 is 1.93 bits per heavy atom. The Balaban J connectivity index is 1.47. The van der Waals surface area contributed by atoms with Gasteiger partial charge in [-0.2, -0.15) is 0 Å². The van der Waals surface area contributed by atoms with Crippen LogP contribution in [0.25, 0.3) is 10.2 Å². The minimum absolute atomic E-state index is 0.116. The standard InChI is InChI=1S/C21H21N3O3S2/c1-12-22-19(18-15-5-3-4-6-16(15)29-20(18)23-12)28-11-17(25)24-14-9-7-13(8-10-14)21(26)27-2/h7-10H,3-6,11H2,1-2H3,(H,24,25). The fourth-order valence-corrected chi connectivity index (χ4v) is 5.74. The second-order valence-corrected chi connectivity index (χ2v) is 8.92. The number of carbonyl (C=O) groups excluding carboxylic acids is 2. The number of nitrogens with one attached hydrogen (secondary N) is 1. The number of aryl methyl sites for hydroxylation is 3. The number of thioether (sulfide) groups is 1. The molecular formula is C21H21N3O3S2. The van der Waals surface area contributed by atoms with Crippen LogP contribution < -0.4 is 5.32 Å². The Labute approximate surface area is 177 Å². The summed E-state index contributed by atoms with van der Waals surface area (Å²) in [5.74, 6) is 0.474. The van der Waals surface area contributed by atoms with E-state index in [0.717, 1.165) is 33.9 Å². The Bertz CT molecular complexity index is 1080. The number of hydrogen-bond donors (Lipinski definition) is 1. The monoisotopic (exact) mass is 427 g/mol. The van der Waals surface area contributed by atoms with Crippen LogP contribution in [0.5, 0.6) is 0 Å². The van der Waals surface area contributed by atoms with Gasteiger partial charge < -0.3 is 10.1 Å². The van der Waals surface area contributed by atoms with E-state index in [4.69, 9.17) is 0 Å². The summed E-state index contributed by atoms with van der Waals surface area (Å²) in [6, 6.07) is 6.64. The highest BCUT2D eigenvalue weighted by atomic mass is 32.2. The molecule has 0 saturated heterocycles. The van der Waals surface area contributed by atoms with Crippen LogP contribution >= 0.6 is 23.1 Å². The molecule has 150 valence electrons. The maximum atomic E-state index is 12.4. The van der Waals surface area contributed by atoms with Gasteiger partial charge in [-0.3, -0.25) is 4.79 Å². The van der Waals surface area contributed by atoms with Gasteiger partial charge in [-0.25, -0.2) is 14.8 Å². The minimum Gasteiger partial charge on any atom is -0.465 e. The molecule has 0 unspecified atom stereocenters. The number of fused-ring (bicyclic) bond motifs is 3. The fourth-order valence-electron chi connectivity index (χ4n) is 3.47. The molecule has 1 N–H and O–H groups in total. The van der Waals surface area contributed by atoms with E-state index in [1.807, 2.05) is 6.92 Å². The molecule has 8 heteroatoms. The van der Waals surface area contributed by atoms with Crippen molar-refractivity contribution in [2.45, 2.75) is 37.6 Å². The van der Waals surface area contributed by atoms with Crippen LogP contribution in [0.4, 0.5) is 5.69 Å². The number of rotatable bonds is 5. The first-order valence-corrected chi connectivity index (χ1v) is 11.3. The predicted octanol–water partition coefficient (Wildman–Crippen LogP) is 4.40. The molecule has 3 aromatic rings. The summed E-state index contributed by atoms with van der Waals surface area (Å²) in [4.78, 5) is 35.6. The zero-order valence-corrected chi connectivity index (χ0v) is 17.9. The molecule has 0 spiro atoms. The van der Waals surface area contributed by atoms with E-state index in [1.165, 1.54) is 42.2 Å². The van der Waals surface area contributed by atoms with Gasteiger partial charge in [0, 0.05) is 16.0 Å². The van der Waals surface area contributed by atoms with Crippen molar-refractivity contribution >= 4 is 50.9 Å². The summed E-state index contributed by atoms with van der Waals surface area (Å²) in [6.07, 6.45) is 4.60. The van der Waals surface area contributed by atoms with E-state index in [9.17, 15) is 9.59 Å². The van der Waals surface area contributed by atoms with E-state index in [0.29, 0.717) is 11.3 Å². The first-order valence-electron chi connectivity index (χ1n) is 9.45. The van der Waals surface area contributed by atoms with Gasteiger partial charge in [0.25, 0.3) is 0 Å². The van der Waals surface area contributed by atoms with Crippen molar-refractivity contribution in [2.75, 3.05) is 18.2 Å². The van der Waals surface area contributed by atoms with Crippen LogP contribution in [0.1, 0.15) is 39.5 Å². The number of methoxy groups -OCH3 is 1. The van der Waals surface area contributed by atoms with E-state index >= 15 is 0 Å². The first-order chi connectivity index (χ1) is 14.0. The van der Waals surface area contributed by atoms with Crippen LogP contribution in [0.2, 0.25) is 0 Å². The number of aromatic nitrogens is 2. The largest absolute Gasteiger partial charge is 0.465 e. The third-order valence-corrected chi connectivity index (χ3v) is 6.98. The Kier molecular flexibility index (Phi) is 5.82. The minimum atomic E-state index is -0.402. The summed E-state index contributed by atoms with van der Waals surface area (Å²) >= 11 is 3.22. The van der Waals surface area contributed by atoms with Crippen molar-refractivity contribution in [3.05, 3.63) is 46.1 Å². The van der Waals surface area contributed by atoms with Crippen LogP contribution in [0.3, 0.4) is 0 Å². The summed E-state index contributed by atoms with van der Waals surface area (Å²) in [6.45, 7) is 1.89. The van der Waals surface area contributed by atoms with Gasteiger partial charge >= 0.3 is 5.97 Å². The Morgan fingerprint density at radius 1 is 1.17 bits per heavy atom. The number of benzene rings is 1. The van der Waals surface area contributed by atoms with Crippen molar-refractivity contribution < 1.29 is 14.3 Å². The fraction of sp³-hybridized carbons (Fsp3) is 0.333. The molecule has 1 aliphatic rings. The molecule has 0 fully saturated rings. The zero-order chi connectivity index (χ0) is 20.4. The van der Waals surface area contributed by atoms with Crippen LogP contribution in [0.15, 0.2) is 29.3 Å². The molecule has 1 aliphatic carbocycles. The summed E-state index contributed by atoms with van der Waals surface area (Å²) in [5.41, 5.74) is 2.46. The third kappa shape index (κ3) is 4.28. The average molecular weight is 428 g/mol. The topological polar surface area (TPSA) is 81.2 Å². The lowest BCUT2D eigenvalue weighted by molar-refractivity contribution is -0.113. The molecule has 2 heterocycles.